The first-order valence-electron chi connectivity index (χ1n) is 7.83. The Morgan fingerprint density at radius 3 is 2.81 bits per heavy atom. The van der Waals surface area contributed by atoms with E-state index in [-0.39, 0.29) is 11.8 Å². The second-order valence-electron chi connectivity index (χ2n) is 5.79. The van der Waals surface area contributed by atoms with Gasteiger partial charge < -0.3 is 4.90 Å². The topological polar surface area (TPSA) is 23.6 Å². The maximum atomic E-state index is 11.7. The van der Waals surface area contributed by atoms with Crippen molar-refractivity contribution in [1.82, 2.24) is 9.80 Å². The van der Waals surface area contributed by atoms with Crippen LogP contribution < -0.4 is 0 Å². The molecule has 1 aromatic carbocycles. The molecule has 0 N–H and O–H groups in total. The smallest absolute Gasteiger partial charge is 0.237 e. The highest BCUT2D eigenvalue weighted by molar-refractivity contribution is 6.27. The molecule has 21 heavy (non-hydrogen) atoms. The summed E-state index contributed by atoms with van der Waals surface area (Å²) in [5, 5.41) is 0. The standard InChI is InChI=1S/C17H25ClN2O/c1-2-19(12-15-7-4-3-5-8-15)13-16-9-6-10-20(14-16)17(21)11-18/h3-5,7-8,16H,2,6,9-14H2,1H3/t16-/m1/s1. The van der Waals surface area contributed by atoms with Gasteiger partial charge in [0, 0.05) is 26.2 Å². The maximum absolute atomic E-state index is 11.7. The summed E-state index contributed by atoms with van der Waals surface area (Å²) in [6.07, 6.45) is 2.30. The van der Waals surface area contributed by atoms with Gasteiger partial charge in [-0.2, -0.15) is 0 Å². The molecule has 1 saturated heterocycles. The minimum absolute atomic E-state index is 0.0764. The third kappa shape index (κ3) is 5.01. The number of alkyl halides is 1. The number of hydrogen-bond donors (Lipinski definition) is 0. The summed E-state index contributed by atoms with van der Waals surface area (Å²) in [5.41, 5.74) is 1.35. The fourth-order valence-corrected chi connectivity index (χ4v) is 3.21. The Morgan fingerprint density at radius 1 is 1.38 bits per heavy atom. The summed E-state index contributed by atoms with van der Waals surface area (Å²) < 4.78 is 0. The molecule has 1 aromatic rings. The summed E-state index contributed by atoms with van der Waals surface area (Å²) in [6, 6.07) is 10.6. The molecule has 0 aromatic heterocycles. The molecule has 0 aliphatic carbocycles. The minimum Gasteiger partial charge on any atom is -0.341 e. The number of rotatable bonds is 6. The third-order valence-corrected chi connectivity index (χ3v) is 4.43. The van der Waals surface area contributed by atoms with Crippen LogP contribution in [0.3, 0.4) is 0 Å². The Balaban J connectivity index is 1.87. The van der Waals surface area contributed by atoms with Gasteiger partial charge in [0.2, 0.25) is 5.91 Å². The second-order valence-corrected chi connectivity index (χ2v) is 6.06. The molecule has 0 saturated carbocycles. The number of nitrogens with zero attached hydrogens (tertiary/aromatic N) is 2. The molecule has 1 amide bonds. The molecule has 1 fully saturated rings. The van der Waals surface area contributed by atoms with E-state index >= 15 is 0 Å². The lowest BCUT2D eigenvalue weighted by Crippen LogP contribution is -2.44. The summed E-state index contributed by atoms with van der Waals surface area (Å²) >= 11 is 5.67. The van der Waals surface area contributed by atoms with Crippen molar-refractivity contribution in [3.8, 4) is 0 Å². The zero-order valence-corrected chi connectivity index (χ0v) is 13.6. The highest BCUT2D eigenvalue weighted by atomic mass is 35.5. The van der Waals surface area contributed by atoms with E-state index < -0.39 is 0 Å². The summed E-state index contributed by atoms with van der Waals surface area (Å²) in [6.45, 7) is 7.00. The zero-order chi connectivity index (χ0) is 15.1. The second kappa shape index (κ2) is 8.40. The molecule has 1 aliphatic rings. The molecule has 1 atom stereocenters. The van der Waals surface area contributed by atoms with Crippen molar-refractivity contribution in [2.45, 2.75) is 26.3 Å². The molecule has 0 spiro atoms. The molecular weight excluding hydrogens is 284 g/mol. The Kier molecular flexibility index (Phi) is 6.52. The number of piperidine rings is 1. The summed E-state index contributed by atoms with van der Waals surface area (Å²) in [4.78, 5) is 16.1. The number of halogens is 1. The van der Waals surface area contributed by atoms with E-state index in [9.17, 15) is 4.79 Å². The largest absolute Gasteiger partial charge is 0.341 e. The quantitative estimate of drug-likeness (QED) is 0.754. The number of likely N-dealkylation sites (tertiary alicyclic amines) is 1. The fourth-order valence-electron chi connectivity index (χ4n) is 3.04. The first-order chi connectivity index (χ1) is 10.2. The molecule has 1 aliphatic heterocycles. The van der Waals surface area contributed by atoms with Gasteiger partial charge >= 0.3 is 0 Å². The number of carbonyl (C=O) groups is 1. The highest BCUT2D eigenvalue weighted by Crippen LogP contribution is 2.19. The van der Waals surface area contributed by atoms with Gasteiger partial charge in [-0.15, -0.1) is 11.6 Å². The van der Waals surface area contributed by atoms with Crippen LogP contribution in [0.4, 0.5) is 0 Å². The number of carbonyl (C=O) groups excluding carboxylic acids is 1. The predicted molar refractivity (Wildman–Crippen MR) is 87.4 cm³/mol. The molecule has 1 heterocycles. The van der Waals surface area contributed by atoms with Gasteiger partial charge in [-0.1, -0.05) is 37.3 Å². The predicted octanol–water partition coefficient (Wildman–Crippen LogP) is 2.99. The molecule has 0 radical (unpaired) electrons. The van der Waals surface area contributed by atoms with Gasteiger partial charge in [0.05, 0.1) is 0 Å². The van der Waals surface area contributed by atoms with Crippen LogP contribution >= 0.6 is 11.6 Å². The Bertz CT molecular complexity index is 438. The van der Waals surface area contributed by atoms with Crippen LogP contribution in [0, 0.1) is 5.92 Å². The van der Waals surface area contributed by atoms with E-state index in [0.29, 0.717) is 5.92 Å². The number of amides is 1. The average molecular weight is 309 g/mol. The van der Waals surface area contributed by atoms with Crippen LogP contribution in [0.2, 0.25) is 0 Å². The van der Waals surface area contributed by atoms with Crippen LogP contribution in [0.25, 0.3) is 0 Å². The van der Waals surface area contributed by atoms with Gasteiger partial charge in [0.25, 0.3) is 0 Å². The first-order valence-corrected chi connectivity index (χ1v) is 8.36. The molecular formula is C17H25ClN2O. The molecule has 2 rings (SSSR count). The van der Waals surface area contributed by atoms with E-state index in [1.54, 1.807) is 0 Å². The summed E-state index contributed by atoms with van der Waals surface area (Å²) in [5.74, 6) is 0.746. The molecule has 4 heteroatoms. The van der Waals surface area contributed by atoms with Crippen LogP contribution in [-0.2, 0) is 11.3 Å². The van der Waals surface area contributed by atoms with E-state index in [4.69, 9.17) is 11.6 Å². The number of benzene rings is 1. The summed E-state index contributed by atoms with van der Waals surface area (Å²) in [7, 11) is 0. The average Bonchev–Trinajstić information content (AvgIpc) is 2.54. The highest BCUT2D eigenvalue weighted by Gasteiger charge is 2.24. The van der Waals surface area contributed by atoms with Crippen LogP contribution in [0.1, 0.15) is 25.3 Å². The van der Waals surface area contributed by atoms with E-state index in [1.807, 2.05) is 4.90 Å². The fraction of sp³-hybridized carbons (Fsp3) is 0.588. The Morgan fingerprint density at radius 2 is 2.14 bits per heavy atom. The van der Waals surface area contributed by atoms with Crippen LogP contribution in [0.5, 0.6) is 0 Å². The van der Waals surface area contributed by atoms with E-state index in [0.717, 1.165) is 39.1 Å². The van der Waals surface area contributed by atoms with Crippen molar-refractivity contribution in [2.75, 3.05) is 32.1 Å². The Hall–Kier alpha value is -1.06. The van der Waals surface area contributed by atoms with Crippen LogP contribution in [-0.4, -0.2) is 47.8 Å². The van der Waals surface area contributed by atoms with Crippen molar-refractivity contribution in [1.29, 1.82) is 0 Å². The zero-order valence-electron chi connectivity index (χ0n) is 12.8. The lowest BCUT2D eigenvalue weighted by molar-refractivity contribution is -0.130. The molecule has 0 bridgehead atoms. The van der Waals surface area contributed by atoms with Crippen molar-refractivity contribution in [3.63, 3.8) is 0 Å². The number of hydrogen-bond acceptors (Lipinski definition) is 2. The van der Waals surface area contributed by atoms with Crippen molar-refractivity contribution in [2.24, 2.45) is 5.92 Å². The van der Waals surface area contributed by atoms with Crippen LogP contribution in [0.15, 0.2) is 30.3 Å². The molecule has 116 valence electrons. The van der Waals surface area contributed by atoms with Gasteiger partial charge in [-0.3, -0.25) is 9.69 Å². The van der Waals surface area contributed by atoms with Crippen molar-refractivity contribution < 1.29 is 4.79 Å². The normalized spacial score (nSPS) is 19.0. The SMILES string of the molecule is CCN(Cc1ccccc1)C[C@H]1CCCN(C(=O)CCl)C1. The van der Waals surface area contributed by atoms with Gasteiger partial charge in [0.15, 0.2) is 0 Å². The lowest BCUT2D eigenvalue weighted by atomic mass is 9.97. The lowest BCUT2D eigenvalue weighted by Gasteiger charge is -2.35. The van der Waals surface area contributed by atoms with E-state index in [1.165, 1.54) is 12.0 Å². The van der Waals surface area contributed by atoms with Gasteiger partial charge in [0.1, 0.15) is 5.88 Å². The van der Waals surface area contributed by atoms with Crippen molar-refractivity contribution >= 4 is 17.5 Å². The van der Waals surface area contributed by atoms with E-state index in [2.05, 4.69) is 42.2 Å². The van der Waals surface area contributed by atoms with Crippen molar-refractivity contribution in [3.05, 3.63) is 35.9 Å². The van der Waals surface area contributed by atoms with Gasteiger partial charge in [-0.05, 0) is 30.9 Å². The Labute approximate surface area is 132 Å². The first kappa shape index (κ1) is 16.3. The maximum Gasteiger partial charge on any atom is 0.237 e. The monoisotopic (exact) mass is 308 g/mol. The third-order valence-electron chi connectivity index (χ3n) is 4.20. The minimum atomic E-state index is 0.0764. The molecule has 3 nitrogen and oxygen atoms in total. The van der Waals surface area contributed by atoms with Gasteiger partial charge in [-0.25, -0.2) is 0 Å². The molecule has 0 unspecified atom stereocenters.